The van der Waals surface area contributed by atoms with Gasteiger partial charge in [-0.1, -0.05) is 0 Å². The molecule has 0 N–H and O–H groups in total. The van der Waals surface area contributed by atoms with E-state index in [9.17, 15) is 44.6 Å². The molecule has 0 atom stereocenters. The normalized spacial score (nSPS) is 15.6. The Kier molecular flexibility index (Phi) is 3.27. The Morgan fingerprint density at radius 3 is 0.800 bits per heavy atom. The van der Waals surface area contributed by atoms with Crippen LogP contribution in [0.1, 0.15) is 0 Å². The molecule has 0 aromatic rings. The highest BCUT2D eigenvalue weighted by atomic mass is 19.4. The summed E-state index contributed by atoms with van der Waals surface area (Å²) >= 11 is 0. The van der Waals surface area contributed by atoms with Gasteiger partial charge in [-0.15, -0.1) is 0 Å². The highest BCUT2D eigenvalue weighted by Crippen LogP contribution is 2.58. The van der Waals surface area contributed by atoms with Crippen molar-refractivity contribution in [2.24, 2.45) is 5.41 Å². The topological polar surface area (TPSA) is 19.9 Å². The van der Waals surface area contributed by atoms with Crippen LogP contribution in [0.15, 0.2) is 0 Å². The number of hydrogen-bond donors (Lipinski definition) is 0. The summed E-state index contributed by atoms with van der Waals surface area (Å²) in [6.07, 6.45) is -20.2. The van der Waals surface area contributed by atoms with E-state index in [1.165, 1.54) is 0 Å². The van der Waals surface area contributed by atoms with Crippen LogP contribution in [0.5, 0.6) is 0 Å². The summed E-state index contributed by atoms with van der Waals surface area (Å²) in [7, 11) is 0. The van der Waals surface area contributed by atoms with E-state index in [2.05, 4.69) is 0 Å². The van der Waals surface area contributed by atoms with E-state index in [1.54, 1.807) is 0 Å². The summed E-state index contributed by atoms with van der Waals surface area (Å²) < 4.78 is 106. The summed E-state index contributed by atoms with van der Waals surface area (Å²) in [6.45, 7) is -3.39. The van der Waals surface area contributed by atoms with Crippen molar-refractivity contribution in [2.75, 3.05) is 6.61 Å². The van der Waals surface area contributed by atoms with Crippen LogP contribution in [-0.4, -0.2) is 25.1 Å². The number of rotatable bonds is 1. The number of halogens is 9. The van der Waals surface area contributed by atoms with Gasteiger partial charge in [0.15, 0.2) is 0 Å². The van der Waals surface area contributed by atoms with E-state index in [0.717, 1.165) is 0 Å². The molecule has 0 spiro atoms. The summed E-state index contributed by atoms with van der Waals surface area (Å²) in [4.78, 5) is 0. The Balaban J connectivity index is 5.78. The van der Waals surface area contributed by atoms with E-state index in [4.69, 9.17) is 0 Å². The minimum absolute atomic E-state index is 3.39. The Morgan fingerprint density at radius 2 is 0.800 bits per heavy atom. The van der Waals surface area contributed by atoms with Crippen molar-refractivity contribution in [1.82, 2.24) is 0 Å². The molecule has 0 bridgehead atoms. The standard InChI is InChI=1S/C5H2F9O/c6-3(7,8)2(1-15,4(9,10)11)5(12,13)14/h1H2. The Hall–Kier alpha value is -0.670. The molecule has 0 aromatic heterocycles. The zero-order valence-electron chi connectivity index (χ0n) is 6.52. The molecule has 0 aliphatic carbocycles. The fraction of sp³-hybridized carbons (Fsp3) is 1.00. The maximum atomic E-state index is 11.7. The van der Waals surface area contributed by atoms with Crippen molar-refractivity contribution in [3.63, 3.8) is 0 Å². The highest BCUT2D eigenvalue weighted by molar-refractivity contribution is 4.98. The van der Waals surface area contributed by atoms with Gasteiger partial charge in [-0.05, 0) is 0 Å². The predicted molar refractivity (Wildman–Crippen MR) is 26.2 cm³/mol. The lowest BCUT2D eigenvalue weighted by Crippen LogP contribution is -2.61. The average Bonchev–Trinajstić information content (AvgIpc) is 1.76. The molecule has 10 heteroatoms. The molecule has 91 valence electrons. The maximum Gasteiger partial charge on any atom is 0.414 e. The fourth-order valence-electron chi connectivity index (χ4n) is 0.728. The maximum absolute atomic E-state index is 11.7. The lowest BCUT2D eigenvalue weighted by Gasteiger charge is -2.36. The van der Waals surface area contributed by atoms with E-state index in [1.807, 2.05) is 0 Å². The minimum atomic E-state index is -6.73. The minimum Gasteiger partial charge on any atom is -0.235 e. The first-order valence-electron chi connectivity index (χ1n) is 3.09. The summed E-state index contributed by atoms with van der Waals surface area (Å²) in [5, 5.41) is 9.73. The Labute approximate surface area is 76.5 Å². The second-order valence-corrected chi connectivity index (χ2v) is 2.54. The van der Waals surface area contributed by atoms with E-state index < -0.39 is 30.6 Å². The van der Waals surface area contributed by atoms with Crippen LogP contribution in [-0.2, 0) is 5.11 Å². The largest absolute Gasteiger partial charge is 0.414 e. The van der Waals surface area contributed by atoms with Crippen LogP contribution in [0.25, 0.3) is 0 Å². The van der Waals surface area contributed by atoms with Gasteiger partial charge in [0.1, 0.15) is 6.61 Å². The summed E-state index contributed by atoms with van der Waals surface area (Å²) in [6, 6.07) is 0. The molecule has 0 fully saturated rings. The molecule has 0 aliphatic heterocycles. The van der Waals surface area contributed by atoms with Crippen molar-refractivity contribution in [1.29, 1.82) is 0 Å². The molecular weight excluding hydrogens is 247 g/mol. The molecule has 0 aromatic carbocycles. The van der Waals surface area contributed by atoms with Gasteiger partial charge in [-0.3, -0.25) is 0 Å². The van der Waals surface area contributed by atoms with Gasteiger partial charge in [0.2, 0.25) is 0 Å². The molecule has 0 rings (SSSR count). The van der Waals surface area contributed by atoms with Crippen molar-refractivity contribution in [2.45, 2.75) is 18.5 Å². The third-order valence-corrected chi connectivity index (χ3v) is 1.67. The molecule has 1 nitrogen and oxygen atoms in total. The molecule has 0 saturated heterocycles. The zero-order chi connectivity index (χ0) is 12.7. The van der Waals surface area contributed by atoms with Crippen LogP contribution in [0.3, 0.4) is 0 Å². The van der Waals surface area contributed by atoms with Gasteiger partial charge in [-0.2, -0.15) is 39.5 Å². The fourth-order valence-corrected chi connectivity index (χ4v) is 0.728. The van der Waals surface area contributed by atoms with Gasteiger partial charge in [-0.25, -0.2) is 5.11 Å². The first-order valence-corrected chi connectivity index (χ1v) is 3.09. The van der Waals surface area contributed by atoms with Gasteiger partial charge in [0.05, 0.1) is 0 Å². The van der Waals surface area contributed by atoms with Crippen molar-refractivity contribution >= 4 is 0 Å². The van der Waals surface area contributed by atoms with Crippen LogP contribution in [0.4, 0.5) is 39.5 Å². The average molecular weight is 249 g/mol. The predicted octanol–water partition coefficient (Wildman–Crippen LogP) is 3.09. The van der Waals surface area contributed by atoms with E-state index in [-0.39, 0.29) is 0 Å². The third kappa shape index (κ3) is 1.99. The molecule has 15 heavy (non-hydrogen) atoms. The van der Waals surface area contributed by atoms with E-state index in [0.29, 0.717) is 0 Å². The monoisotopic (exact) mass is 249 g/mol. The molecule has 1 radical (unpaired) electrons. The molecular formula is C5H2F9O. The second-order valence-electron chi connectivity index (χ2n) is 2.54. The summed E-state index contributed by atoms with van der Waals surface area (Å²) in [5.41, 5.74) is -6.20. The quantitative estimate of drug-likeness (QED) is 0.636. The zero-order valence-corrected chi connectivity index (χ0v) is 6.52. The summed E-state index contributed by atoms with van der Waals surface area (Å²) in [5.74, 6) is 0. The Bertz CT molecular complexity index is 184. The van der Waals surface area contributed by atoms with Gasteiger partial charge in [0.25, 0.3) is 5.41 Å². The highest BCUT2D eigenvalue weighted by Gasteiger charge is 2.83. The first kappa shape index (κ1) is 14.3. The van der Waals surface area contributed by atoms with Crippen molar-refractivity contribution < 1.29 is 44.6 Å². The smallest absolute Gasteiger partial charge is 0.235 e. The van der Waals surface area contributed by atoms with Gasteiger partial charge < -0.3 is 0 Å². The molecule has 0 heterocycles. The second kappa shape index (κ2) is 3.42. The third-order valence-electron chi connectivity index (χ3n) is 1.67. The van der Waals surface area contributed by atoms with Crippen LogP contribution >= 0.6 is 0 Å². The SMILES string of the molecule is [O]CC(C(F)(F)F)(C(F)(F)F)C(F)(F)F. The van der Waals surface area contributed by atoms with Gasteiger partial charge in [0, 0.05) is 0 Å². The van der Waals surface area contributed by atoms with Crippen molar-refractivity contribution in [3.05, 3.63) is 0 Å². The molecule has 0 amide bonds. The lowest BCUT2D eigenvalue weighted by atomic mass is 9.86. The first-order chi connectivity index (χ1) is 6.31. The Morgan fingerprint density at radius 1 is 0.600 bits per heavy atom. The van der Waals surface area contributed by atoms with Crippen LogP contribution in [0.2, 0.25) is 0 Å². The lowest BCUT2D eigenvalue weighted by molar-refractivity contribution is -0.436. The van der Waals surface area contributed by atoms with E-state index >= 15 is 0 Å². The number of alkyl halides is 9. The molecule has 0 saturated carbocycles. The number of hydrogen-bond acceptors (Lipinski definition) is 0. The molecule has 0 unspecified atom stereocenters. The van der Waals surface area contributed by atoms with Crippen LogP contribution in [0, 0.1) is 5.41 Å². The van der Waals surface area contributed by atoms with Gasteiger partial charge >= 0.3 is 18.5 Å². The van der Waals surface area contributed by atoms with Crippen molar-refractivity contribution in [3.8, 4) is 0 Å². The van der Waals surface area contributed by atoms with Crippen LogP contribution < -0.4 is 0 Å². The molecule has 0 aliphatic rings.